The molecule has 5 rings (SSSR count). The molecule has 212 valence electrons. The van der Waals surface area contributed by atoms with Gasteiger partial charge in [-0.3, -0.25) is 9.59 Å². The number of amides is 1. The molecule has 41 heavy (non-hydrogen) atoms. The molecule has 13 heteroatoms. The number of carbonyl (C=O) groups is 2. The number of hydrogen-bond acceptors (Lipinski definition) is 8. The molecular weight excluding hydrogens is 579 g/mol. The number of benzene rings is 3. The van der Waals surface area contributed by atoms with Crippen LogP contribution >= 0.6 is 23.4 Å². The van der Waals surface area contributed by atoms with E-state index in [0.717, 1.165) is 21.9 Å². The van der Waals surface area contributed by atoms with Gasteiger partial charge in [-0.05, 0) is 35.9 Å². The van der Waals surface area contributed by atoms with Crippen LogP contribution in [0.1, 0.15) is 15.9 Å². The number of hydrogen-bond donors (Lipinski definition) is 3. The summed E-state index contributed by atoms with van der Waals surface area (Å²) in [6.45, 7) is 0.908. The molecular formula is C28H23ClF3N5O3S. The molecule has 8 nitrogen and oxygen atoms in total. The maximum Gasteiger partial charge on any atom is 0.446 e. The van der Waals surface area contributed by atoms with Crippen LogP contribution in [0.25, 0.3) is 0 Å². The minimum atomic E-state index is -4.64. The van der Waals surface area contributed by atoms with Gasteiger partial charge in [-0.1, -0.05) is 48.0 Å². The average Bonchev–Trinajstić information content (AvgIpc) is 2.96. The number of nitrogens with zero attached hydrogens (tertiary/aromatic N) is 2. The molecule has 0 saturated carbocycles. The van der Waals surface area contributed by atoms with Gasteiger partial charge in [-0.15, -0.1) is 11.8 Å². The van der Waals surface area contributed by atoms with Gasteiger partial charge in [0.15, 0.2) is 5.82 Å². The third kappa shape index (κ3) is 9.40. The first-order chi connectivity index (χ1) is 19.7. The number of anilines is 4. The number of carbonyl (C=O) groups excluding carboxylic acids is 2. The Balaban J connectivity index is 0.000000585. The zero-order valence-electron chi connectivity index (χ0n) is 21.2. The number of alkyl halides is 3. The summed E-state index contributed by atoms with van der Waals surface area (Å²) < 4.78 is 37.3. The molecule has 1 aliphatic heterocycles. The number of ether oxygens (including phenoxy) is 1. The zero-order chi connectivity index (χ0) is 29.2. The van der Waals surface area contributed by atoms with Gasteiger partial charge in [0.25, 0.3) is 5.91 Å². The SMILES string of the molecule is O=C(NCc1ccccc1)c1cc2cc(c1)OCCSc1cccc(c1)Nc1nc(ncc1Cl)N2.O=CC(F)(F)F. The van der Waals surface area contributed by atoms with E-state index in [4.69, 9.17) is 21.1 Å². The second-order valence-electron chi connectivity index (χ2n) is 8.44. The highest BCUT2D eigenvalue weighted by Gasteiger charge is 2.25. The lowest BCUT2D eigenvalue weighted by molar-refractivity contribution is -0.156. The number of aromatic nitrogens is 2. The van der Waals surface area contributed by atoms with Crippen LogP contribution in [-0.2, 0) is 11.3 Å². The van der Waals surface area contributed by atoms with Crippen molar-refractivity contribution in [1.82, 2.24) is 15.3 Å². The molecule has 0 spiro atoms. The molecule has 6 bridgehead atoms. The van der Waals surface area contributed by atoms with Crippen LogP contribution in [0.3, 0.4) is 0 Å². The van der Waals surface area contributed by atoms with Gasteiger partial charge >= 0.3 is 6.18 Å². The molecule has 0 radical (unpaired) electrons. The minimum absolute atomic E-state index is 0.204. The average molecular weight is 602 g/mol. The summed E-state index contributed by atoms with van der Waals surface area (Å²) in [7, 11) is 0. The van der Waals surface area contributed by atoms with Gasteiger partial charge in [0.05, 0.1) is 12.8 Å². The fraction of sp³-hybridized carbons (Fsp3) is 0.143. The summed E-state index contributed by atoms with van der Waals surface area (Å²) in [5, 5.41) is 9.79. The lowest BCUT2D eigenvalue weighted by Crippen LogP contribution is -2.23. The summed E-state index contributed by atoms with van der Waals surface area (Å²) >= 11 is 8.02. The highest BCUT2D eigenvalue weighted by molar-refractivity contribution is 7.99. The van der Waals surface area contributed by atoms with Gasteiger partial charge in [-0.2, -0.15) is 18.2 Å². The molecule has 0 aliphatic carbocycles. The van der Waals surface area contributed by atoms with Gasteiger partial charge in [0, 0.05) is 40.2 Å². The van der Waals surface area contributed by atoms with E-state index in [1.807, 2.05) is 60.7 Å². The van der Waals surface area contributed by atoms with E-state index >= 15 is 0 Å². The third-order valence-electron chi connectivity index (χ3n) is 5.32. The molecule has 1 aliphatic rings. The number of fused-ring (bicyclic) bond motifs is 6. The minimum Gasteiger partial charge on any atom is -0.493 e. The molecule has 0 unspecified atom stereocenters. The highest BCUT2D eigenvalue weighted by Crippen LogP contribution is 2.29. The molecule has 0 saturated heterocycles. The fourth-order valence-electron chi connectivity index (χ4n) is 3.53. The number of nitrogens with one attached hydrogen (secondary N) is 3. The fourth-order valence-corrected chi connectivity index (χ4v) is 4.46. The topological polar surface area (TPSA) is 105 Å². The summed E-state index contributed by atoms with van der Waals surface area (Å²) in [5.74, 6) is 1.94. The Morgan fingerprint density at radius 2 is 1.83 bits per heavy atom. The van der Waals surface area contributed by atoms with Gasteiger partial charge in [0.1, 0.15) is 10.8 Å². The van der Waals surface area contributed by atoms with E-state index in [1.54, 1.807) is 23.9 Å². The predicted octanol–water partition coefficient (Wildman–Crippen LogP) is 6.78. The monoisotopic (exact) mass is 601 g/mol. The first kappa shape index (κ1) is 29.7. The zero-order valence-corrected chi connectivity index (χ0v) is 22.8. The Bertz CT molecular complexity index is 1510. The summed E-state index contributed by atoms with van der Waals surface area (Å²) in [6.07, 6.45) is -4.17. The van der Waals surface area contributed by atoms with Crippen molar-refractivity contribution in [3.63, 3.8) is 0 Å². The van der Waals surface area contributed by atoms with Crippen LogP contribution in [0.15, 0.2) is 83.9 Å². The normalized spacial score (nSPS) is 12.5. The van der Waals surface area contributed by atoms with Crippen molar-refractivity contribution in [2.24, 2.45) is 0 Å². The molecule has 1 aromatic heterocycles. The van der Waals surface area contributed by atoms with Crippen molar-refractivity contribution in [3.8, 4) is 5.75 Å². The maximum atomic E-state index is 13.0. The molecule has 2 heterocycles. The van der Waals surface area contributed by atoms with Crippen LogP contribution in [0.5, 0.6) is 5.75 Å². The lowest BCUT2D eigenvalue weighted by atomic mass is 10.1. The van der Waals surface area contributed by atoms with Crippen molar-refractivity contribution >= 4 is 58.7 Å². The van der Waals surface area contributed by atoms with Crippen LogP contribution in [0.2, 0.25) is 5.02 Å². The lowest BCUT2D eigenvalue weighted by Gasteiger charge is -2.13. The van der Waals surface area contributed by atoms with Gasteiger partial charge in [-0.25, -0.2) is 4.98 Å². The van der Waals surface area contributed by atoms with Crippen LogP contribution < -0.4 is 20.7 Å². The Labute approximate surface area is 242 Å². The number of aldehydes is 1. The quantitative estimate of drug-likeness (QED) is 0.221. The molecule has 3 aromatic carbocycles. The Kier molecular flexibility index (Phi) is 10.0. The van der Waals surface area contributed by atoms with E-state index in [2.05, 4.69) is 25.9 Å². The molecule has 0 fully saturated rings. The predicted molar refractivity (Wildman–Crippen MR) is 152 cm³/mol. The van der Waals surface area contributed by atoms with E-state index in [9.17, 15) is 18.0 Å². The summed E-state index contributed by atoms with van der Waals surface area (Å²) in [6, 6.07) is 23.1. The first-order valence-corrected chi connectivity index (χ1v) is 13.5. The summed E-state index contributed by atoms with van der Waals surface area (Å²) in [4.78, 5) is 31.6. The van der Waals surface area contributed by atoms with Crippen LogP contribution in [-0.4, -0.2) is 40.7 Å². The third-order valence-corrected chi connectivity index (χ3v) is 6.55. The van der Waals surface area contributed by atoms with E-state index in [-0.39, 0.29) is 5.91 Å². The second kappa shape index (κ2) is 13.9. The van der Waals surface area contributed by atoms with Gasteiger partial charge < -0.3 is 20.7 Å². The van der Waals surface area contributed by atoms with Crippen LogP contribution in [0.4, 0.5) is 36.3 Å². The molecule has 0 atom stereocenters. The first-order valence-electron chi connectivity index (χ1n) is 12.1. The molecule has 3 N–H and O–H groups in total. The van der Waals surface area contributed by atoms with Crippen LogP contribution in [0, 0.1) is 0 Å². The van der Waals surface area contributed by atoms with E-state index in [1.165, 1.54) is 6.20 Å². The molecule has 4 aromatic rings. The van der Waals surface area contributed by atoms with E-state index in [0.29, 0.717) is 46.9 Å². The smallest absolute Gasteiger partial charge is 0.446 e. The number of thioether (sulfide) groups is 1. The van der Waals surface area contributed by atoms with Gasteiger partial charge in [0.2, 0.25) is 12.2 Å². The number of rotatable bonds is 3. The van der Waals surface area contributed by atoms with Crippen molar-refractivity contribution in [3.05, 3.63) is 95.1 Å². The second-order valence-corrected chi connectivity index (χ2v) is 10.0. The van der Waals surface area contributed by atoms with E-state index < -0.39 is 12.5 Å². The number of halogens is 4. The highest BCUT2D eigenvalue weighted by atomic mass is 35.5. The van der Waals surface area contributed by atoms with Crippen molar-refractivity contribution in [2.45, 2.75) is 17.6 Å². The Morgan fingerprint density at radius 3 is 2.59 bits per heavy atom. The Morgan fingerprint density at radius 1 is 1.05 bits per heavy atom. The van der Waals surface area contributed by atoms with Crippen molar-refractivity contribution in [2.75, 3.05) is 23.0 Å². The van der Waals surface area contributed by atoms with Crippen molar-refractivity contribution in [1.29, 1.82) is 0 Å². The largest absolute Gasteiger partial charge is 0.493 e. The molecule has 1 amide bonds. The standard InChI is InChI=1S/C26H22ClN5O2S.C2HF3O/c27-23-16-29-26-31-20-11-18(25(33)28-15-17-5-2-1-3-6-17)12-21(13-20)34-9-10-35-22-8-4-7-19(14-22)30-24(23)32-26;3-2(4,5)1-6/h1-8,11-14,16H,9-10,15H2,(H,28,33)(H2,29,30,31,32);1H. The van der Waals surface area contributed by atoms with Crippen molar-refractivity contribution < 1.29 is 27.5 Å². The summed E-state index contributed by atoms with van der Waals surface area (Å²) in [5.41, 5.74) is 2.99. The Hall–Kier alpha value is -4.29. The maximum absolute atomic E-state index is 13.0.